The Labute approximate surface area is 159 Å². The third kappa shape index (κ3) is 4.79. The summed E-state index contributed by atoms with van der Waals surface area (Å²) >= 11 is 5.43. The van der Waals surface area contributed by atoms with Crippen molar-refractivity contribution >= 4 is 23.0 Å². The van der Waals surface area contributed by atoms with Gasteiger partial charge < -0.3 is 10.6 Å². The lowest BCUT2D eigenvalue weighted by Gasteiger charge is -2.32. The Morgan fingerprint density at radius 1 is 1.08 bits per heavy atom. The smallest absolute Gasteiger partial charge is 0.171 e. The third-order valence-corrected chi connectivity index (χ3v) is 5.30. The van der Waals surface area contributed by atoms with E-state index in [0.29, 0.717) is 10.8 Å². The molecule has 0 heterocycles. The van der Waals surface area contributed by atoms with Gasteiger partial charge in [-0.2, -0.15) is 0 Å². The highest BCUT2D eigenvalue weighted by atomic mass is 32.1. The van der Waals surface area contributed by atoms with Gasteiger partial charge in [0.25, 0.3) is 0 Å². The largest absolute Gasteiger partial charge is 0.357 e. The van der Waals surface area contributed by atoms with Gasteiger partial charge in [-0.3, -0.25) is 0 Å². The summed E-state index contributed by atoms with van der Waals surface area (Å²) in [7, 11) is 0. The first kappa shape index (κ1) is 18.8. The minimum absolute atomic E-state index is 0.0353. The van der Waals surface area contributed by atoms with Crippen LogP contribution >= 0.6 is 12.2 Å². The summed E-state index contributed by atoms with van der Waals surface area (Å²) < 4.78 is 26.4. The van der Waals surface area contributed by atoms with E-state index in [1.54, 1.807) is 0 Å². The van der Waals surface area contributed by atoms with Crippen LogP contribution in [0.1, 0.15) is 43.2 Å². The van der Waals surface area contributed by atoms with Crippen LogP contribution in [0.4, 0.5) is 14.5 Å². The number of aryl methyl sites for hydroxylation is 2. The molecule has 0 radical (unpaired) electrons. The van der Waals surface area contributed by atoms with Crippen molar-refractivity contribution in [3.8, 4) is 0 Å². The molecular weight excluding hydrogens is 350 g/mol. The van der Waals surface area contributed by atoms with E-state index in [1.807, 2.05) is 0 Å². The minimum Gasteiger partial charge on any atom is -0.357 e. The molecule has 138 valence electrons. The molecule has 2 nitrogen and oxygen atoms in total. The normalized spacial score (nSPS) is 15.7. The second kappa shape index (κ2) is 8.12. The van der Waals surface area contributed by atoms with Crippen LogP contribution in [0.2, 0.25) is 0 Å². The number of hydrogen-bond acceptors (Lipinski definition) is 1. The maximum absolute atomic E-state index is 13.4. The molecule has 1 aliphatic rings. The Kier molecular flexibility index (Phi) is 5.87. The Bertz CT molecular complexity index is 785. The summed E-state index contributed by atoms with van der Waals surface area (Å²) in [6, 6.07) is 12.3. The lowest BCUT2D eigenvalue weighted by Crippen LogP contribution is -2.48. The van der Waals surface area contributed by atoms with E-state index in [1.165, 1.54) is 30.0 Å². The molecule has 2 N–H and O–H groups in total. The van der Waals surface area contributed by atoms with Gasteiger partial charge in [0.15, 0.2) is 16.7 Å². The average Bonchev–Trinajstić information content (AvgIpc) is 3.05. The molecule has 26 heavy (non-hydrogen) atoms. The predicted octanol–water partition coefficient (Wildman–Crippen LogP) is 5.51. The highest BCUT2D eigenvalue weighted by Gasteiger charge is 2.34. The van der Waals surface area contributed by atoms with E-state index in [4.69, 9.17) is 12.2 Å². The highest BCUT2D eigenvalue weighted by molar-refractivity contribution is 7.80. The summed E-state index contributed by atoms with van der Waals surface area (Å²) in [6.45, 7) is 2.11. The van der Waals surface area contributed by atoms with Crippen LogP contribution in [0.5, 0.6) is 0 Å². The van der Waals surface area contributed by atoms with E-state index in [9.17, 15) is 8.78 Å². The van der Waals surface area contributed by atoms with Crippen molar-refractivity contribution in [2.45, 2.75) is 51.0 Å². The SMILES string of the molecule is Cc1cccc(CCC2(NC(=S)Nc3ccc(F)c(F)c3)CCCC2)c1. The number of nitrogens with one attached hydrogen (secondary N) is 2. The molecule has 3 rings (SSSR count). The fourth-order valence-electron chi connectivity index (χ4n) is 3.72. The molecule has 1 saturated carbocycles. The molecule has 2 aromatic rings. The van der Waals surface area contributed by atoms with E-state index in [-0.39, 0.29) is 5.54 Å². The van der Waals surface area contributed by atoms with Crippen molar-refractivity contribution in [2.24, 2.45) is 0 Å². The first-order chi connectivity index (χ1) is 12.5. The molecule has 0 bridgehead atoms. The lowest BCUT2D eigenvalue weighted by atomic mass is 9.89. The first-order valence-corrected chi connectivity index (χ1v) is 9.46. The number of halogens is 2. The van der Waals surface area contributed by atoms with E-state index in [0.717, 1.165) is 37.8 Å². The topological polar surface area (TPSA) is 24.1 Å². The molecule has 5 heteroatoms. The molecule has 0 amide bonds. The zero-order valence-corrected chi connectivity index (χ0v) is 15.8. The summed E-state index contributed by atoms with van der Waals surface area (Å²) in [5, 5.41) is 6.91. The van der Waals surface area contributed by atoms with Gasteiger partial charge in [0.1, 0.15) is 0 Å². The van der Waals surface area contributed by atoms with Gasteiger partial charge in [0.05, 0.1) is 0 Å². The van der Waals surface area contributed by atoms with Crippen LogP contribution in [0.15, 0.2) is 42.5 Å². The molecule has 1 aliphatic carbocycles. The van der Waals surface area contributed by atoms with Crippen LogP contribution < -0.4 is 10.6 Å². The van der Waals surface area contributed by atoms with Gasteiger partial charge in [-0.05, 0) is 62.5 Å². The number of anilines is 1. The Balaban J connectivity index is 1.63. The zero-order chi connectivity index (χ0) is 18.6. The summed E-state index contributed by atoms with van der Waals surface area (Å²) in [4.78, 5) is 0. The fraction of sp³-hybridized carbons (Fsp3) is 0.381. The number of benzene rings is 2. The molecule has 0 aromatic heterocycles. The van der Waals surface area contributed by atoms with Crippen molar-refractivity contribution in [3.05, 3.63) is 65.2 Å². The summed E-state index contributed by atoms with van der Waals surface area (Å²) in [6.07, 6.45) is 6.47. The van der Waals surface area contributed by atoms with E-state index >= 15 is 0 Å². The predicted molar refractivity (Wildman–Crippen MR) is 106 cm³/mol. The van der Waals surface area contributed by atoms with Crippen LogP contribution in [0.25, 0.3) is 0 Å². The maximum Gasteiger partial charge on any atom is 0.171 e. The van der Waals surface area contributed by atoms with Gasteiger partial charge in [-0.25, -0.2) is 8.78 Å². The lowest BCUT2D eigenvalue weighted by molar-refractivity contribution is 0.362. The Morgan fingerprint density at radius 2 is 1.85 bits per heavy atom. The Morgan fingerprint density at radius 3 is 2.54 bits per heavy atom. The third-order valence-electron chi connectivity index (χ3n) is 5.09. The van der Waals surface area contributed by atoms with Crippen molar-refractivity contribution in [3.63, 3.8) is 0 Å². The van der Waals surface area contributed by atoms with Crippen LogP contribution in [0.3, 0.4) is 0 Å². The first-order valence-electron chi connectivity index (χ1n) is 9.06. The molecule has 0 saturated heterocycles. The highest BCUT2D eigenvalue weighted by Crippen LogP contribution is 2.34. The molecule has 0 spiro atoms. The fourth-order valence-corrected chi connectivity index (χ4v) is 4.05. The van der Waals surface area contributed by atoms with Gasteiger partial charge >= 0.3 is 0 Å². The number of rotatable bonds is 5. The molecular formula is C21H24F2N2S. The van der Waals surface area contributed by atoms with Crippen molar-refractivity contribution in [2.75, 3.05) is 5.32 Å². The van der Waals surface area contributed by atoms with E-state index < -0.39 is 11.6 Å². The van der Waals surface area contributed by atoms with Gasteiger partial charge in [0, 0.05) is 17.3 Å². The van der Waals surface area contributed by atoms with Gasteiger partial charge in [-0.15, -0.1) is 0 Å². The quantitative estimate of drug-likeness (QED) is 0.675. The molecule has 2 aromatic carbocycles. The molecule has 0 unspecified atom stereocenters. The monoisotopic (exact) mass is 374 g/mol. The Hall–Kier alpha value is -2.01. The minimum atomic E-state index is -0.882. The van der Waals surface area contributed by atoms with Crippen molar-refractivity contribution in [1.82, 2.24) is 5.32 Å². The van der Waals surface area contributed by atoms with Gasteiger partial charge in [0.2, 0.25) is 0 Å². The van der Waals surface area contributed by atoms with E-state index in [2.05, 4.69) is 41.8 Å². The second-order valence-corrected chi connectivity index (χ2v) is 7.59. The van der Waals surface area contributed by atoms with Crippen LogP contribution in [-0.2, 0) is 6.42 Å². The van der Waals surface area contributed by atoms with Crippen molar-refractivity contribution < 1.29 is 8.78 Å². The molecule has 0 aliphatic heterocycles. The van der Waals surface area contributed by atoms with Crippen LogP contribution in [0, 0.1) is 18.6 Å². The van der Waals surface area contributed by atoms with Crippen molar-refractivity contribution in [1.29, 1.82) is 0 Å². The average molecular weight is 375 g/mol. The van der Waals surface area contributed by atoms with Crippen LogP contribution in [-0.4, -0.2) is 10.7 Å². The second-order valence-electron chi connectivity index (χ2n) is 7.18. The molecule has 0 atom stereocenters. The number of thiocarbonyl (C=S) groups is 1. The standard InChI is InChI=1S/C21H24F2N2S/c1-15-5-4-6-16(13-15)9-12-21(10-2-3-11-21)25-20(26)24-17-7-8-18(22)19(23)14-17/h4-8,13-14H,2-3,9-12H2,1H3,(H2,24,25,26). The zero-order valence-electron chi connectivity index (χ0n) is 14.9. The number of hydrogen-bond donors (Lipinski definition) is 2. The maximum atomic E-state index is 13.4. The summed E-state index contributed by atoms with van der Waals surface area (Å²) in [5.41, 5.74) is 3.02. The van der Waals surface area contributed by atoms with Gasteiger partial charge in [-0.1, -0.05) is 42.7 Å². The summed E-state index contributed by atoms with van der Waals surface area (Å²) in [5.74, 6) is -1.74. The molecule has 1 fully saturated rings.